The van der Waals surface area contributed by atoms with E-state index in [-0.39, 0.29) is 5.91 Å². The lowest BCUT2D eigenvalue weighted by molar-refractivity contribution is -0.123. The van der Waals surface area contributed by atoms with Crippen molar-refractivity contribution < 1.29 is 14.4 Å². The van der Waals surface area contributed by atoms with Crippen LogP contribution in [0.1, 0.15) is 49.5 Å². The number of amides is 4. The molecular formula is C19H25N3O3. The highest BCUT2D eigenvalue weighted by Gasteiger charge is 2.43. The van der Waals surface area contributed by atoms with Crippen LogP contribution in [0.25, 0.3) is 0 Å². The molecule has 1 aromatic carbocycles. The normalized spacial score (nSPS) is 29.8. The first-order chi connectivity index (χ1) is 11.8. The zero-order valence-corrected chi connectivity index (χ0v) is 15.0. The number of rotatable bonds is 2. The number of imide groups is 1. The van der Waals surface area contributed by atoms with Gasteiger partial charge in [-0.2, -0.15) is 0 Å². The van der Waals surface area contributed by atoms with E-state index in [0.29, 0.717) is 23.0 Å². The van der Waals surface area contributed by atoms with Crippen LogP contribution in [-0.4, -0.2) is 35.8 Å². The Balaban J connectivity index is 1.85. The summed E-state index contributed by atoms with van der Waals surface area (Å²) in [6.45, 7) is 7.56. The van der Waals surface area contributed by atoms with E-state index in [1.54, 1.807) is 31.2 Å². The quantitative estimate of drug-likeness (QED) is 0.809. The summed E-state index contributed by atoms with van der Waals surface area (Å²) in [4.78, 5) is 38.5. The van der Waals surface area contributed by atoms with Crippen LogP contribution in [0.15, 0.2) is 24.3 Å². The molecule has 0 spiro atoms. The highest BCUT2D eigenvalue weighted by molar-refractivity contribution is 6.07. The molecule has 3 atom stereocenters. The zero-order chi connectivity index (χ0) is 18.2. The van der Waals surface area contributed by atoms with E-state index in [9.17, 15) is 14.4 Å². The van der Waals surface area contributed by atoms with Crippen LogP contribution >= 0.6 is 0 Å². The molecule has 4 amide bonds. The van der Waals surface area contributed by atoms with Crippen molar-refractivity contribution in [1.82, 2.24) is 15.5 Å². The van der Waals surface area contributed by atoms with Gasteiger partial charge in [-0.25, -0.2) is 4.79 Å². The van der Waals surface area contributed by atoms with E-state index >= 15 is 0 Å². The van der Waals surface area contributed by atoms with Crippen molar-refractivity contribution in [2.24, 2.45) is 11.8 Å². The lowest BCUT2D eigenvalue weighted by atomic mass is 9.91. The summed E-state index contributed by atoms with van der Waals surface area (Å²) in [7, 11) is 0. The molecule has 1 aromatic rings. The standard InChI is InChI=1S/C19H25N3O3/c1-12-7-8-22(11-13(2)9-12)16(23)14-5-4-6-15(10-14)19(3)17(24)20-18(25)21-19/h4-6,10,12-13H,7-9,11H2,1-3H3,(H2,20,21,24,25)/t12-,13+,19+/m1/s1. The molecule has 0 aliphatic carbocycles. The maximum Gasteiger partial charge on any atom is 0.322 e. The summed E-state index contributed by atoms with van der Waals surface area (Å²) >= 11 is 0. The number of hydrogen-bond donors (Lipinski definition) is 2. The molecule has 2 heterocycles. The second kappa shape index (κ2) is 6.50. The molecule has 0 saturated carbocycles. The van der Waals surface area contributed by atoms with Crippen LogP contribution in [0.5, 0.6) is 0 Å². The molecule has 2 aliphatic heterocycles. The average Bonchev–Trinajstić information content (AvgIpc) is 2.72. The third-order valence-corrected chi connectivity index (χ3v) is 5.25. The van der Waals surface area contributed by atoms with Gasteiger partial charge in [-0.3, -0.25) is 14.9 Å². The van der Waals surface area contributed by atoms with E-state index in [1.807, 2.05) is 4.90 Å². The van der Waals surface area contributed by atoms with Gasteiger partial charge in [-0.05, 0) is 49.3 Å². The molecule has 6 heteroatoms. The Labute approximate surface area is 148 Å². The Morgan fingerprint density at radius 3 is 2.68 bits per heavy atom. The van der Waals surface area contributed by atoms with Crippen molar-refractivity contribution in [1.29, 1.82) is 0 Å². The lowest BCUT2D eigenvalue weighted by Crippen LogP contribution is -2.41. The van der Waals surface area contributed by atoms with Gasteiger partial charge in [-0.15, -0.1) is 0 Å². The highest BCUT2D eigenvalue weighted by atomic mass is 16.2. The Morgan fingerprint density at radius 1 is 1.24 bits per heavy atom. The molecular weight excluding hydrogens is 318 g/mol. The molecule has 0 radical (unpaired) electrons. The van der Waals surface area contributed by atoms with Crippen molar-refractivity contribution in [2.45, 2.75) is 39.2 Å². The predicted molar refractivity (Wildman–Crippen MR) is 93.9 cm³/mol. The lowest BCUT2D eigenvalue weighted by Gasteiger charge is -2.25. The van der Waals surface area contributed by atoms with Gasteiger partial charge in [0.15, 0.2) is 0 Å². The number of carbonyl (C=O) groups excluding carboxylic acids is 3. The summed E-state index contributed by atoms with van der Waals surface area (Å²) in [5.41, 5.74) is 0.0147. The van der Waals surface area contributed by atoms with Crippen molar-refractivity contribution in [2.75, 3.05) is 13.1 Å². The van der Waals surface area contributed by atoms with Gasteiger partial charge >= 0.3 is 6.03 Å². The summed E-state index contributed by atoms with van der Waals surface area (Å²) < 4.78 is 0. The minimum atomic E-state index is -1.14. The minimum Gasteiger partial charge on any atom is -0.338 e. The zero-order valence-electron chi connectivity index (χ0n) is 15.0. The maximum atomic E-state index is 13.0. The molecule has 0 aromatic heterocycles. The Bertz CT molecular complexity index is 718. The summed E-state index contributed by atoms with van der Waals surface area (Å²) in [5.74, 6) is 0.674. The Kier molecular flexibility index (Phi) is 4.54. The van der Waals surface area contributed by atoms with Crippen LogP contribution in [0.4, 0.5) is 4.79 Å². The van der Waals surface area contributed by atoms with Crippen LogP contribution in [-0.2, 0) is 10.3 Å². The number of carbonyl (C=O) groups is 3. The third kappa shape index (κ3) is 3.38. The van der Waals surface area contributed by atoms with Crippen LogP contribution in [0.3, 0.4) is 0 Å². The fourth-order valence-corrected chi connectivity index (χ4v) is 3.80. The molecule has 0 unspecified atom stereocenters. The number of nitrogens with one attached hydrogen (secondary N) is 2. The minimum absolute atomic E-state index is 0.0175. The van der Waals surface area contributed by atoms with E-state index in [0.717, 1.165) is 25.9 Å². The molecule has 0 bridgehead atoms. The Morgan fingerprint density at radius 2 is 2.00 bits per heavy atom. The van der Waals surface area contributed by atoms with E-state index < -0.39 is 17.5 Å². The molecule has 134 valence electrons. The number of benzene rings is 1. The largest absolute Gasteiger partial charge is 0.338 e. The molecule has 25 heavy (non-hydrogen) atoms. The first-order valence-electron chi connectivity index (χ1n) is 8.83. The molecule has 6 nitrogen and oxygen atoms in total. The fourth-order valence-electron chi connectivity index (χ4n) is 3.80. The first-order valence-corrected chi connectivity index (χ1v) is 8.83. The topological polar surface area (TPSA) is 78.5 Å². The van der Waals surface area contributed by atoms with Gasteiger partial charge in [0.05, 0.1) is 0 Å². The van der Waals surface area contributed by atoms with Gasteiger partial charge in [0.25, 0.3) is 11.8 Å². The second-order valence-electron chi connectivity index (χ2n) is 7.60. The van der Waals surface area contributed by atoms with E-state index in [1.165, 1.54) is 0 Å². The summed E-state index contributed by atoms with van der Waals surface area (Å²) in [6, 6.07) is 6.49. The van der Waals surface area contributed by atoms with Crippen molar-refractivity contribution in [3.63, 3.8) is 0 Å². The number of hydrogen-bond acceptors (Lipinski definition) is 3. The first kappa shape index (κ1) is 17.5. The predicted octanol–water partition coefficient (Wildman–Crippen LogP) is 2.25. The van der Waals surface area contributed by atoms with E-state index in [4.69, 9.17) is 0 Å². The smallest absolute Gasteiger partial charge is 0.322 e. The van der Waals surface area contributed by atoms with Crippen LogP contribution in [0, 0.1) is 11.8 Å². The number of nitrogens with zero attached hydrogens (tertiary/aromatic N) is 1. The molecule has 2 N–H and O–H groups in total. The molecule has 2 fully saturated rings. The van der Waals surface area contributed by atoms with Gasteiger partial charge < -0.3 is 10.2 Å². The fraction of sp³-hybridized carbons (Fsp3) is 0.526. The number of likely N-dealkylation sites (tertiary alicyclic amines) is 1. The highest BCUT2D eigenvalue weighted by Crippen LogP contribution is 2.27. The van der Waals surface area contributed by atoms with Gasteiger partial charge in [0.1, 0.15) is 5.54 Å². The SMILES string of the molecule is C[C@@H]1CCN(C(=O)c2cccc([C@]3(C)NC(=O)NC3=O)c2)C[C@@H](C)C1. The van der Waals surface area contributed by atoms with Crippen molar-refractivity contribution >= 4 is 17.8 Å². The summed E-state index contributed by atoms with van der Waals surface area (Å²) in [5, 5.41) is 4.89. The van der Waals surface area contributed by atoms with Crippen LogP contribution < -0.4 is 10.6 Å². The van der Waals surface area contributed by atoms with Crippen LogP contribution in [0.2, 0.25) is 0 Å². The molecule has 3 rings (SSSR count). The monoisotopic (exact) mass is 343 g/mol. The van der Waals surface area contributed by atoms with E-state index in [2.05, 4.69) is 24.5 Å². The van der Waals surface area contributed by atoms with Crippen molar-refractivity contribution in [3.8, 4) is 0 Å². The third-order valence-electron chi connectivity index (χ3n) is 5.25. The molecule has 2 aliphatic rings. The van der Waals surface area contributed by atoms with Gasteiger partial charge in [0, 0.05) is 18.7 Å². The number of urea groups is 1. The summed E-state index contributed by atoms with van der Waals surface area (Å²) in [6.07, 6.45) is 2.14. The Hall–Kier alpha value is -2.37. The van der Waals surface area contributed by atoms with Crippen molar-refractivity contribution in [3.05, 3.63) is 35.4 Å². The molecule has 2 saturated heterocycles. The van der Waals surface area contributed by atoms with Gasteiger partial charge in [-0.1, -0.05) is 26.0 Å². The van der Waals surface area contributed by atoms with Gasteiger partial charge in [0.2, 0.25) is 0 Å². The maximum absolute atomic E-state index is 13.0. The second-order valence-corrected chi connectivity index (χ2v) is 7.60. The average molecular weight is 343 g/mol.